The first-order valence-electron chi connectivity index (χ1n) is 6.83. The minimum atomic E-state index is -0.846. The Morgan fingerprint density at radius 2 is 1.96 bits per heavy atom. The molecular formula is C17H13F2NO3. The van der Waals surface area contributed by atoms with Gasteiger partial charge in [0.2, 0.25) is 0 Å². The molecule has 0 atom stereocenters. The highest BCUT2D eigenvalue weighted by molar-refractivity contribution is 6.13. The van der Waals surface area contributed by atoms with Gasteiger partial charge in [0.1, 0.15) is 28.7 Å². The van der Waals surface area contributed by atoms with Gasteiger partial charge in [-0.05, 0) is 37.3 Å². The van der Waals surface area contributed by atoms with Gasteiger partial charge in [-0.15, -0.1) is 0 Å². The number of carbonyl (C=O) groups excluding carboxylic acids is 1. The SMILES string of the molecule is COc1ccc2oc(C)c(C(=O)Nc3ccc(F)cc3F)c2c1. The van der Waals surface area contributed by atoms with E-state index >= 15 is 0 Å². The largest absolute Gasteiger partial charge is 0.497 e. The van der Waals surface area contributed by atoms with Crippen LogP contribution >= 0.6 is 0 Å². The number of ether oxygens (including phenoxy) is 1. The van der Waals surface area contributed by atoms with Gasteiger partial charge in [-0.2, -0.15) is 0 Å². The van der Waals surface area contributed by atoms with E-state index in [1.165, 1.54) is 13.2 Å². The van der Waals surface area contributed by atoms with Crippen LogP contribution in [0.1, 0.15) is 16.1 Å². The van der Waals surface area contributed by atoms with Crippen LogP contribution in [-0.4, -0.2) is 13.0 Å². The molecule has 1 heterocycles. The highest BCUT2D eigenvalue weighted by Gasteiger charge is 2.20. The molecule has 1 aromatic heterocycles. The van der Waals surface area contributed by atoms with Crippen molar-refractivity contribution in [3.63, 3.8) is 0 Å². The molecular weight excluding hydrogens is 304 g/mol. The van der Waals surface area contributed by atoms with Crippen LogP contribution in [0.15, 0.2) is 40.8 Å². The predicted octanol–water partition coefficient (Wildman–Crippen LogP) is 4.28. The van der Waals surface area contributed by atoms with Crippen LogP contribution in [0.3, 0.4) is 0 Å². The fourth-order valence-electron chi connectivity index (χ4n) is 2.38. The van der Waals surface area contributed by atoms with Crippen LogP contribution < -0.4 is 10.1 Å². The summed E-state index contributed by atoms with van der Waals surface area (Å²) < 4.78 is 37.3. The molecule has 0 aliphatic carbocycles. The Balaban J connectivity index is 2.01. The summed E-state index contributed by atoms with van der Waals surface area (Å²) in [6, 6.07) is 8.02. The summed E-state index contributed by atoms with van der Waals surface area (Å²) >= 11 is 0. The van der Waals surface area contributed by atoms with Crippen LogP contribution in [0, 0.1) is 18.6 Å². The lowest BCUT2D eigenvalue weighted by molar-refractivity contribution is 0.102. The third-order valence-corrected chi connectivity index (χ3v) is 3.48. The molecule has 2 aromatic carbocycles. The molecule has 0 saturated carbocycles. The molecule has 118 valence electrons. The maximum Gasteiger partial charge on any atom is 0.259 e. The summed E-state index contributed by atoms with van der Waals surface area (Å²) in [4.78, 5) is 12.5. The van der Waals surface area contributed by atoms with Gasteiger partial charge in [-0.25, -0.2) is 8.78 Å². The Morgan fingerprint density at radius 1 is 1.17 bits per heavy atom. The summed E-state index contributed by atoms with van der Waals surface area (Å²) in [6.07, 6.45) is 0. The minimum Gasteiger partial charge on any atom is -0.497 e. The summed E-state index contributed by atoms with van der Waals surface area (Å²) in [7, 11) is 1.52. The quantitative estimate of drug-likeness (QED) is 0.784. The fraction of sp³-hybridized carbons (Fsp3) is 0.118. The number of anilines is 1. The second-order valence-corrected chi connectivity index (χ2v) is 4.97. The smallest absolute Gasteiger partial charge is 0.259 e. The van der Waals surface area contributed by atoms with Crippen molar-refractivity contribution in [2.24, 2.45) is 0 Å². The van der Waals surface area contributed by atoms with Gasteiger partial charge in [0.05, 0.1) is 18.4 Å². The Kier molecular flexibility index (Phi) is 3.73. The molecule has 6 heteroatoms. The number of fused-ring (bicyclic) bond motifs is 1. The monoisotopic (exact) mass is 317 g/mol. The number of methoxy groups -OCH3 is 1. The molecule has 1 N–H and O–H groups in total. The number of benzene rings is 2. The lowest BCUT2D eigenvalue weighted by Gasteiger charge is -2.06. The Labute approximate surface area is 130 Å². The van der Waals surface area contributed by atoms with Crippen molar-refractivity contribution in [2.75, 3.05) is 12.4 Å². The zero-order chi connectivity index (χ0) is 16.6. The first-order valence-corrected chi connectivity index (χ1v) is 6.83. The summed E-state index contributed by atoms with van der Waals surface area (Å²) in [5.41, 5.74) is 0.698. The van der Waals surface area contributed by atoms with Crippen molar-refractivity contribution >= 4 is 22.6 Å². The fourth-order valence-corrected chi connectivity index (χ4v) is 2.38. The summed E-state index contributed by atoms with van der Waals surface area (Å²) in [5.74, 6) is -1.13. The van der Waals surface area contributed by atoms with Gasteiger partial charge < -0.3 is 14.5 Å². The van der Waals surface area contributed by atoms with Crippen molar-refractivity contribution in [2.45, 2.75) is 6.92 Å². The van der Waals surface area contributed by atoms with Crippen LogP contribution in [-0.2, 0) is 0 Å². The van der Waals surface area contributed by atoms with Gasteiger partial charge in [-0.3, -0.25) is 4.79 Å². The van der Waals surface area contributed by atoms with E-state index in [0.717, 1.165) is 6.07 Å². The molecule has 0 fully saturated rings. The lowest BCUT2D eigenvalue weighted by Crippen LogP contribution is -2.13. The van der Waals surface area contributed by atoms with E-state index in [0.29, 0.717) is 28.5 Å². The minimum absolute atomic E-state index is 0.104. The number of aryl methyl sites for hydroxylation is 1. The maximum atomic E-state index is 13.7. The molecule has 0 aliphatic heterocycles. The van der Waals surface area contributed by atoms with Crippen LogP contribution in [0.5, 0.6) is 5.75 Å². The molecule has 0 bridgehead atoms. The third-order valence-electron chi connectivity index (χ3n) is 3.48. The first kappa shape index (κ1) is 15.0. The van der Waals surface area contributed by atoms with E-state index < -0.39 is 17.5 Å². The van der Waals surface area contributed by atoms with Gasteiger partial charge in [0.15, 0.2) is 0 Å². The molecule has 3 rings (SSSR count). The average molecular weight is 317 g/mol. The van der Waals surface area contributed by atoms with Gasteiger partial charge in [0.25, 0.3) is 5.91 Å². The predicted molar refractivity (Wildman–Crippen MR) is 81.8 cm³/mol. The molecule has 0 aliphatic rings. The summed E-state index contributed by atoms with van der Waals surface area (Å²) in [6.45, 7) is 1.64. The molecule has 0 unspecified atom stereocenters. The number of hydrogen-bond acceptors (Lipinski definition) is 3. The number of nitrogens with one attached hydrogen (secondary N) is 1. The molecule has 23 heavy (non-hydrogen) atoms. The molecule has 0 spiro atoms. The van der Waals surface area contributed by atoms with E-state index in [-0.39, 0.29) is 11.3 Å². The van der Waals surface area contributed by atoms with E-state index in [9.17, 15) is 13.6 Å². The Bertz CT molecular complexity index is 902. The van der Waals surface area contributed by atoms with Crippen molar-refractivity contribution in [1.29, 1.82) is 0 Å². The zero-order valence-corrected chi connectivity index (χ0v) is 12.4. The Hall–Kier alpha value is -2.89. The maximum absolute atomic E-state index is 13.7. The van der Waals surface area contributed by atoms with Crippen LogP contribution in [0.4, 0.5) is 14.5 Å². The molecule has 1 amide bonds. The second kappa shape index (κ2) is 5.72. The highest BCUT2D eigenvalue weighted by atomic mass is 19.1. The number of hydrogen-bond donors (Lipinski definition) is 1. The van der Waals surface area contributed by atoms with Crippen molar-refractivity contribution in [3.05, 3.63) is 59.4 Å². The number of amides is 1. The zero-order valence-electron chi connectivity index (χ0n) is 12.4. The van der Waals surface area contributed by atoms with E-state index in [1.54, 1.807) is 25.1 Å². The van der Waals surface area contributed by atoms with Crippen LogP contribution in [0.2, 0.25) is 0 Å². The Morgan fingerprint density at radius 3 is 2.65 bits per heavy atom. The van der Waals surface area contributed by atoms with Crippen molar-refractivity contribution in [3.8, 4) is 5.75 Å². The number of furan rings is 1. The van der Waals surface area contributed by atoms with Crippen molar-refractivity contribution in [1.82, 2.24) is 0 Å². The molecule has 0 radical (unpaired) electrons. The van der Waals surface area contributed by atoms with Crippen molar-refractivity contribution < 1.29 is 22.7 Å². The normalized spacial score (nSPS) is 10.8. The van der Waals surface area contributed by atoms with E-state index in [2.05, 4.69) is 5.32 Å². The number of rotatable bonds is 3. The number of halogens is 2. The van der Waals surface area contributed by atoms with Gasteiger partial charge >= 0.3 is 0 Å². The third kappa shape index (κ3) is 2.75. The number of carbonyl (C=O) groups is 1. The van der Waals surface area contributed by atoms with E-state index in [4.69, 9.17) is 9.15 Å². The molecule has 0 saturated heterocycles. The summed E-state index contributed by atoms with van der Waals surface area (Å²) in [5, 5.41) is 2.99. The van der Waals surface area contributed by atoms with Crippen LogP contribution in [0.25, 0.3) is 11.0 Å². The van der Waals surface area contributed by atoms with Gasteiger partial charge in [0, 0.05) is 11.5 Å². The first-order chi connectivity index (χ1) is 11.0. The molecule has 4 nitrogen and oxygen atoms in total. The topological polar surface area (TPSA) is 51.5 Å². The highest BCUT2D eigenvalue weighted by Crippen LogP contribution is 2.30. The lowest BCUT2D eigenvalue weighted by atomic mass is 10.1. The molecule has 3 aromatic rings. The average Bonchev–Trinajstić information content (AvgIpc) is 2.84. The second-order valence-electron chi connectivity index (χ2n) is 4.97. The van der Waals surface area contributed by atoms with Gasteiger partial charge in [-0.1, -0.05) is 0 Å². The van der Waals surface area contributed by atoms with E-state index in [1.807, 2.05) is 0 Å². The standard InChI is InChI=1S/C17H13F2NO3/c1-9-16(12-8-11(22-2)4-6-15(12)23-9)17(21)20-14-5-3-10(18)7-13(14)19/h3-8H,1-2H3,(H,20,21).